The highest BCUT2D eigenvalue weighted by Crippen LogP contribution is 2.22. The minimum Gasteiger partial charge on any atom is -0.372 e. The second kappa shape index (κ2) is 8.18. The van der Waals surface area contributed by atoms with E-state index in [4.69, 9.17) is 4.74 Å². The predicted molar refractivity (Wildman–Crippen MR) is 106 cm³/mol. The standard InChI is InChI=1S/C20H27N3O2S/c1-5-17-13(2)8-18(26-17)20(24)22-10-16-6-7-19(21-9-16)23-11-14(3)25-15(4)12-23/h6-9,14-15H,5,10-12H2,1-4H3,(H,22,24)/t14-,15-/m0/s1. The zero-order valence-electron chi connectivity index (χ0n) is 15.9. The highest BCUT2D eigenvalue weighted by molar-refractivity contribution is 7.14. The Labute approximate surface area is 159 Å². The third kappa shape index (κ3) is 4.43. The number of pyridine rings is 1. The van der Waals surface area contributed by atoms with E-state index in [1.807, 2.05) is 24.4 Å². The smallest absolute Gasteiger partial charge is 0.261 e. The number of ether oxygens (including phenoxy) is 1. The van der Waals surface area contributed by atoms with Crippen LogP contribution in [0.5, 0.6) is 0 Å². The number of aromatic nitrogens is 1. The maximum absolute atomic E-state index is 12.3. The summed E-state index contributed by atoms with van der Waals surface area (Å²) in [6, 6.07) is 6.03. The van der Waals surface area contributed by atoms with Crippen molar-refractivity contribution in [3.05, 3.63) is 45.3 Å². The lowest BCUT2D eigenvalue weighted by atomic mass is 10.2. The monoisotopic (exact) mass is 373 g/mol. The Hall–Kier alpha value is -1.92. The number of rotatable bonds is 5. The summed E-state index contributed by atoms with van der Waals surface area (Å²) in [5, 5.41) is 2.99. The predicted octanol–water partition coefficient (Wildman–Crippen LogP) is 3.56. The van der Waals surface area contributed by atoms with E-state index >= 15 is 0 Å². The molecule has 0 radical (unpaired) electrons. The van der Waals surface area contributed by atoms with Crippen molar-refractivity contribution >= 4 is 23.1 Å². The van der Waals surface area contributed by atoms with Gasteiger partial charge in [0, 0.05) is 30.7 Å². The SMILES string of the molecule is CCc1sc(C(=O)NCc2ccc(N3C[C@H](C)O[C@@H](C)C3)nc2)cc1C. The highest BCUT2D eigenvalue weighted by Gasteiger charge is 2.23. The fourth-order valence-corrected chi connectivity index (χ4v) is 4.36. The van der Waals surface area contributed by atoms with Crippen molar-refractivity contribution in [2.45, 2.75) is 52.9 Å². The lowest BCUT2D eigenvalue weighted by Crippen LogP contribution is -2.45. The number of nitrogens with zero attached hydrogens (tertiary/aromatic N) is 2. The summed E-state index contributed by atoms with van der Waals surface area (Å²) in [6.07, 6.45) is 3.23. The second-order valence-electron chi connectivity index (χ2n) is 6.94. The number of hydrogen-bond acceptors (Lipinski definition) is 5. The molecule has 5 nitrogen and oxygen atoms in total. The molecule has 0 aromatic carbocycles. The van der Waals surface area contributed by atoms with Gasteiger partial charge in [0.2, 0.25) is 0 Å². The second-order valence-corrected chi connectivity index (χ2v) is 8.08. The van der Waals surface area contributed by atoms with Gasteiger partial charge in [-0.15, -0.1) is 11.3 Å². The summed E-state index contributed by atoms with van der Waals surface area (Å²) in [4.78, 5) is 21.2. The molecule has 6 heteroatoms. The molecule has 0 aliphatic carbocycles. The first kappa shape index (κ1) is 18.9. The number of anilines is 1. The minimum absolute atomic E-state index is 0.0160. The van der Waals surface area contributed by atoms with Crippen LogP contribution in [0.15, 0.2) is 24.4 Å². The first-order valence-electron chi connectivity index (χ1n) is 9.19. The van der Waals surface area contributed by atoms with Crippen molar-refractivity contribution < 1.29 is 9.53 Å². The quantitative estimate of drug-likeness (QED) is 0.871. The van der Waals surface area contributed by atoms with Crippen LogP contribution < -0.4 is 10.2 Å². The third-order valence-corrected chi connectivity index (χ3v) is 5.95. The topological polar surface area (TPSA) is 54.5 Å². The summed E-state index contributed by atoms with van der Waals surface area (Å²) in [6.45, 7) is 10.5. The van der Waals surface area contributed by atoms with Crippen LogP contribution in [-0.4, -0.2) is 36.2 Å². The number of amides is 1. The largest absolute Gasteiger partial charge is 0.372 e. The van der Waals surface area contributed by atoms with E-state index in [9.17, 15) is 4.79 Å². The Balaban J connectivity index is 1.58. The number of thiophene rings is 1. The van der Waals surface area contributed by atoms with Crippen molar-refractivity contribution in [1.29, 1.82) is 0 Å². The van der Waals surface area contributed by atoms with Gasteiger partial charge < -0.3 is 15.0 Å². The zero-order chi connectivity index (χ0) is 18.7. The summed E-state index contributed by atoms with van der Waals surface area (Å²) in [5.41, 5.74) is 2.20. The van der Waals surface area contributed by atoms with Gasteiger partial charge in [-0.3, -0.25) is 4.79 Å². The van der Waals surface area contributed by atoms with Gasteiger partial charge in [-0.25, -0.2) is 4.98 Å². The van der Waals surface area contributed by atoms with Crippen LogP contribution in [0.4, 0.5) is 5.82 Å². The molecule has 0 unspecified atom stereocenters. The Morgan fingerprint density at radius 3 is 2.65 bits per heavy atom. The van der Waals surface area contributed by atoms with Gasteiger partial charge in [-0.1, -0.05) is 13.0 Å². The molecule has 0 saturated carbocycles. The summed E-state index contributed by atoms with van der Waals surface area (Å²) in [7, 11) is 0. The minimum atomic E-state index is -0.0160. The van der Waals surface area contributed by atoms with Gasteiger partial charge in [0.15, 0.2) is 0 Å². The summed E-state index contributed by atoms with van der Waals surface area (Å²) >= 11 is 1.58. The van der Waals surface area contributed by atoms with E-state index in [0.717, 1.165) is 35.8 Å². The van der Waals surface area contributed by atoms with Crippen molar-refractivity contribution in [2.24, 2.45) is 0 Å². The summed E-state index contributed by atoms with van der Waals surface area (Å²) in [5.74, 6) is 0.946. The first-order chi connectivity index (χ1) is 12.5. The fraction of sp³-hybridized carbons (Fsp3) is 0.500. The van der Waals surface area contributed by atoms with E-state index in [2.05, 4.69) is 42.9 Å². The molecule has 1 fully saturated rings. The normalized spacial score (nSPS) is 20.2. The number of aryl methyl sites for hydroxylation is 2. The number of nitrogens with one attached hydrogen (secondary N) is 1. The molecule has 0 bridgehead atoms. The van der Waals surface area contributed by atoms with Crippen molar-refractivity contribution in [2.75, 3.05) is 18.0 Å². The Kier molecular flexibility index (Phi) is 5.94. The molecule has 1 N–H and O–H groups in total. The van der Waals surface area contributed by atoms with Gasteiger partial charge in [-0.05, 0) is 50.5 Å². The molecule has 1 saturated heterocycles. The average molecular weight is 374 g/mol. The van der Waals surface area contributed by atoms with E-state index in [-0.39, 0.29) is 18.1 Å². The number of hydrogen-bond donors (Lipinski definition) is 1. The lowest BCUT2D eigenvalue weighted by molar-refractivity contribution is -0.00546. The fourth-order valence-electron chi connectivity index (χ4n) is 3.33. The van der Waals surface area contributed by atoms with Crippen molar-refractivity contribution in [1.82, 2.24) is 10.3 Å². The van der Waals surface area contributed by atoms with E-state index in [0.29, 0.717) is 6.54 Å². The maximum Gasteiger partial charge on any atom is 0.261 e. The maximum atomic E-state index is 12.3. The molecule has 1 aliphatic rings. The van der Waals surface area contributed by atoms with Crippen LogP contribution in [0.2, 0.25) is 0 Å². The van der Waals surface area contributed by atoms with Gasteiger partial charge >= 0.3 is 0 Å². The number of morpholine rings is 1. The molecule has 3 heterocycles. The van der Waals surface area contributed by atoms with Crippen LogP contribution in [0.25, 0.3) is 0 Å². The number of carbonyl (C=O) groups excluding carboxylic acids is 1. The van der Waals surface area contributed by atoms with Crippen LogP contribution in [0.3, 0.4) is 0 Å². The van der Waals surface area contributed by atoms with Crippen LogP contribution in [-0.2, 0) is 17.7 Å². The lowest BCUT2D eigenvalue weighted by Gasteiger charge is -2.36. The van der Waals surface area contributed by atoms with Crippen LogP contribution in [0, 0.1) is 6.92 Å². The Bertz CT molecular complexity index is 747. The van der Waals surface area contributed by atoms with Crippen LogP contribution in [0.1, 0.15) is 46.4 Å². The van der Waals surface area contributed by atoms with Gasteiger partial charge in [0.1, 0.15) is 5.82 Å². The molecular formula is C20H27N3O2S. The molecule has 3 rings (SSSR count). The van der Waals surface area contributed by atoms with Crippen LogP contribution >= 0.6 is 11.3 Å². The Morgan fingerprint density at radius 1 is 1.35 bits per heavy atom. The van der Waals surface area contributed by atoms with Gasteiger partial charge in [-0.2, -0.15) is 0 Å². The molecule has 26 heavy (non-hydrogen) atoms. The number of carbonyl (C=O) groups is 1. The Morgan fingerprint density at radius 2 is 2.08 bits per heavy atom. The first-order valence-corrected chi connectivity index (χ1v) is 10.0. The van der Waals surface area contributed by atoms with Crippen molar-refractivity contribution in [3.8, 4) is 0 Å². The molecule has 2 aromatic heterocycles. The highest BCUT2D eigenvalue weighted by atomic mass is 32.1. The average Bonchev–Trinajstić information content (AvgIpc) is 3.00. The summed E-state index contributed by atoms with van der Waals surface area (Å²) < 4.78 is 5.77. The van der Waals surface area contributed by atoms with Crippen molar-refractivity contribution in [3.63, 3.8) is 0 Å². The molecule has 0 spiro atoms. The van der Waals surface area contributed by atoms with E-state index in [1.54, 1.807) is 11.3 Å². The zero-order valence-corrected chi connectivity index (χ0v) is 16.7. The molecule has 2 aromatic rings. The molecule has 140 valence electrons. The molecule has 1 aliphatic heterocycles. The molecule has 1 amide bonds. The van der Waals surface area contributed by atoms with E-state index in [1.165, 1.54) is 10.4 Å². The molecule has 2 atom stereocenters. The van der Waals surface area contributed by atoms with E-state index < -0.39 is 0 Å². The van der Waals surface area contributed by atoms with Gasteiger partial charge in [0.05, 0.1) is 17.1 Å². The third-order valence-electron chi connectivity index (χ3n) is 4.57. The van der Waals surface area contributed by atoms with Gasteiger partial charge in [0.25, 0.3) is 5.91 Å². The molecular weight excluding hydrogens is 346 g/mol.